The lowest BCUT2D eigenvalue weighted by Gasteiger charge is -2.39. The Kier molecular flexibility index (Phi) is 7.94. The maximum atomic E-state index is 13.8. The lowest BCUT2D eigenvalue weighted by Crippen LogP contribution is -2.40. The van der Waals surface area contributed by atoms with Gasteiger partial charge in [0.25, 0.3) is 17.0 Å². The molecule has 0 atom stereocenters. The molecule has 2 fully saturated rings. The summed E-state index contributed by atoms with van der Waals surface area (Å²) < 4.78 is 8.09. The third-order valence-corrected chi connectivity index (χ3v) is 9.54. The number of hydrogen-bond acceptors (Lipinski definition) is 8. The number of morpholine rings is 1. The Hall–Kier alpha value is -5.13. The molecule has 0 bridgehead atoms. The van der Waals surface area contributed by atoms with Crippen LogP contribution in [0.25, 0.3) is 27.7 Å². The number of benzene rings is 2. The van der Waals surface area contributed by atoms with Crippen molar-refractivity contribution >= 4 is 28.2 Å². The van der Waals surface area contributed by atoms with Gasteiger partial charge >= 0.3 is 0 Å². The van der Waals surface area contributed by atoms with Crippen molar-refractivity contribution in [2.45, 2.75) is 38.2 Å². The fraction of sp³-hybridized carbons (Fsp3) is 0.306. The summed E-state index contributed by atoms with van der Waals surface area (Å²) in [5.41, 5.74) is 3.53. The summed E-state index contributed by atoms with van der Waals surface area (Å²) in [5.74, 6) is 0.259. The number of nitrogens with one attached hydrogen (secondary N) is 1. The summed E-state index contributed by atoms with van der Waals surface area (Å²) in [7, 11) is 1.54. The van der Waals surface area contributed by atoms with Gasteiger partial charge < -0.3 is 20.1 Å². The number of amides is 1. The minimum Gasteiger partial charge on any atom is -0.392 e. The van der Waals surface area contributed by atoms with Crippen molar-refractivity contribution in [3.05, 3.63) is 110 Å². The number of pyridine rings is 2. The van der Waals surface area contributed by atoms with Crippen LogP contribution in [0.2, 0.25) is 0 Å². The van der Waals surface area contributed by atoms with Crippen LogP contribution < -0.4 is 16.4 Å². The maximum absolute atomic E-state index is 13.8. The van der Waals surface area contributed by atoms with E-state index in [1.54, 1.807) is 59.1 Å². The third-order valence-electron chi connectivity index (χ3n) is 9.54. The van der Waals surface area contributed by atoms with Crippen LogP contribution in [0.5, 0.6) is 0 Å². The average Bonchev–Trinajstić information content (AvgIpc) is 3.09. The number of aliphatic hydroxyl groups is 1. The predicted molar refractivity (Wildman–Crippen MR) is 179 cm³/mol. The molecule has 1 saturated carbocycles. The Morgan fingerprint density at radius 1 is 1.02 bits per heavy atom. The number of nitrogens with zero attached hydrogens (tertiary/aromatic N) is 5. The number of hydrogen-bond donors (Lipinski definition) is 2. The first kappa shape index (κ1) is 30.5. The Bertz CT molecular complexity index is 2110. The van der Waals surface area contributed by atoms with E-state index in [1.807, 2.05) is 12.1 Å². The molecule has 1 aliphatic carbocycles. The Morgan fingerprint density at radius 2 is 1.83 bits per heavy atom. The first-order valence-corrected chi connectivity index (χ1v) is 15.8. The topological polar surface area (TPSA) is 132 Å². The first-order valence-electron chi connectivity index (χ1n) is 15.8. The zero-order valence-electron chi connectivity index (χ0n) is 26.4. The lowest BCUT2D eigenvalue weighted by molar-refractivity contribution is 0.0302. The van der Waals surface area contributed by atoms with Crippen LogP contribution in [0.3, 0.4) is 0 Å². The van der Waals surface area contributed by atoms with Gasteiger partial charge in [-0.15, -0.1) is 0 Å². The largest absolute Gasteiger partial charge is 0.392 e. The minimum atomic E-state index is -0.383. The fourth-order valence-corrected chi connectivity index (χ4v) is 6.53. The molecular weight excluding hydrogens is 596 g/mol. The average molecular weight is 633 g/mol. The van der Waals surface area contributed by atoms with Crippen LogP contribution in [-0.4, -0.2) is 61.5 Å². The van der Waals surface area contributed by atoms with E-state index in [0.717, 1.165) is 18.2 Å². The van der Waals surface area contributed by atoms with Gasteiger partial charge in [0.2, 0.25) is 0 Å². The number of carbonyl (C=O) groups excluding carboxylic acids is 1. The molecule has 11 nitrogen and oxygen atoms in total. The molecule has 11 heteroatoms. The molecule has 240 valence electrons. The van der Waals surface area contributed by atoms with Crippen molar-refractivity contribution < 1.29 is 14.6 Å². The van der Waals surface area contributed by atoms with Gasteiger partial charge in [-0.25, -0.2) is 9.67 Å². The van der Waals surface area contributed by atoms with Gasteiger partial charge in [0.1, 0.15) is 11.5 Å². The van der Waals surface area contributed by atoms with Crippen molar-refractivity contribution in [2.75, 3.05) is 31.6 Å². The van der Waals surface area contributed by atoms with Gasteiger partial charge in [-0.1, -0.05) is 37.6 Å². The molecular formula is C36H36N6O5. The Balaban J connectivity index is 1.21. The first-order chi connectivity index (χ1) is 22.8. The number of fused-ring (bicyclic) bond motifs is 1. The van der Waals surface area contributed by atoms with E-state index in [-0.39, 0.29) is 34.7 Å². The molecule has 1 saturated heterocycles. The maximum Gasteiger partial charge on any atom is 0.290 e. The zero-order valence-corrected chi connectivity index (χ0v) is 26.4. The highest BCUT2D eigenvalue weighted by Crippen LogP contribution is 2.43. The normalized spacial score (nSPS) is 15.8. The van der Waals surface area contributed by atoms with E-state index in [4.69, 9.17) is 4.74 Å². The smallest absolute Gasteiger partial charge is 0.290 e. The quantitative estimate of drug-likeness (QED) is 0.272. The number of aryl methyl sites for hydroxylation is 1. The van der Waals surface area contributed by atoms with E-state index in [9.17, 15) is 19.5 Å². The number of rotatable bonds is 7. The van der Waals surface area contributed by atoms with E-state index < -0.39 is 0 Å². The molecule has 1 aliphatic heterocycles. The molecule has 1 amide bonds. The highest BCUT2D eigenvalue weighted by molar-refractivity contribution is 5.94. The summed E-state index contributed by atoms with van der Waals surface area (Å²) in [6, 6.07) is 18.3. The minimum absolute atomic E-state index is 0.121. The number of carbonyl (C=O) groups is 1. The summed E-state index contributed by atoms with van der Waals surface area (Å²) in [5, 5.41) is 19.6. The SMILES string of the molecule is Cn1nc(-c2cccc(-n3ccc4cc(C5(C)CCC5)ccc4c3=O)c2CO)cc(Nc2ccc(C(=O)N3CCOCC3)cn2)c1=O. The molecule has 3 aromatic heterocycles. The Morgan fingerprint density at radius 3 is 2.53 bits per heavy atom. The lowest BCUT2D eigenvalue weighted by atomic mass is 9.66. The van der Waals surface area contributed by atoms with Crippen LogP contribution in [0.15, 0.2) is 82.6 Å². The standard InChI is InChI=1S/C36H36N6O5/c1-36(12-4-13-36)25-8-9-26-23(19-25)11-14-42(34(26)45)31-6-3-5-27(28(31)22-43)29-20-30(35(46)40(2)39-29)38-32-10-7-24(21-37-32)33(44)41-15-17-47-18-16-41/h3,5-11,14,19-21,43H,4,12-13,15-18,22H2,1-2H3,(H,37,38). The fourth-order valence-electron chi connectivity index (χ4n) is 6.53. The number of ether oxygens (including phenoxy) is 1. The van der Waals surface area contributed by atoms with Crippen molar-refractivity contribution in [3.63, 3.8) is 0 Å². The van der Waals surface area contributed by atoms with Crippen molar-refractivity contribution in [1.29, 1.82) is 0 Å². The van der Waals surface area contributed by atoms with E-state index in [2.05, 4.69) is 34.5 Å². The van der Waals surface area contributed by atoms with Crippen molar-refractivity contribution in [3.8, 4) is 16.9 Å². The van der Waals surface area contributed by atoms with Gasteiger partial charge in [0.05, 0.1) is 36.8 Å². The van der Waals surface area contributed by atoms with E-state index in [1.165, 1.54) is 22.9 Å². The monoisotopic (exact) mass is 632 g/mol. The second-order valence-electron chi connectivity index (χ2n) is 12.5. The summed E-state index contributed by atoms with van der Waals surface area (Å²) in [4.78, 5) is 45.8. The molecule has 2 aromatic carbocycles. The second-order valence-corrected chi connectivity index (χ2v) is 12.5. The van der Waals surface area contributed by atoms with Crippen LogP contribution in [0.4, 0.5) is 11.5 Å². The molecule has 2 aliphatic rings. The zero-order chi connectivity index (χ0) is 32.7. The van der Waals surface area contributed by atoms with Gasteiger partial charge in [0.15, 0.2) is 0 Å². The number of anilines is 2. The van der Waals surface area contributed by atoms with Crippen LogP contribution >= 0.6 is 0 Å². The molecule has 0 radical (unpaired) electrons. The Labute approximate surface area is 271 Å². The van der Waals surface area contributed by atoms with E-state index >= 15 is 0 Å². The highest BCUT2D eigenvalue weighted by atomic mass is 16.5. The predicted octanol–water partition coefficient (Wildman–Crippen LogP) is 4.30. The van der Waals surface area contributed by atoms with Gasteiger partial charge in [-0.2, -0.15) is 5.10 Å². The molecule has 0 unspecified atom stereocenters. The van der Waals surface area contributed by atoms with Gasteiger partial charge in [0, 0.05) is 49.0 Å². The van der Waals surface area contributed by atoms with Gasteiger partial charge in [-0.3, -0.25) is 19.0 Å². The number of aliphatic hydroxyl groups excluding tert-OH is 1. The van der Waals surface area contributed by atoms with Gasteiger partial charge in [-0.05, 0) is 65.6 Å². The molecule has 7 rings (SSSR count). The van der Waals surface area contributed by atoms with Crippen LogP contribution in [0.1, 0.15) is 47.7 Å². The third kappa shape index (κ3) is 5.61. The molecule has 47 heavy (non-hydrogen) atoms. The highest BCUT2D eigenvalue weighted by Gasteiger charge is 2.33. The van der Waals surface area contributed by atoms with Crippen molar-refractivity contribution in [1.82, 2.24) is 24.2 Å². The molecule has 0 spiro atoms. The summed E-state index contributed by atoms with van der Waals surface area (Å²) in [6.45, 7) is 3.98. The molecule has 2 N–H and O–H groups in total. The van der Waals surface area contributed by atoms with Crippen LogP contribution in [0, 0.1) is 0 Å². The molecule has 4 heterocycles. The number of aromatic nitrogens is 4. The van der Waals surface area contributed by atoms with Crippen LogP contribution in [-0.2, 0) is 23.8 Å². The van der Waals surface area contributed by atoms with Crippen molar-refractivity contribution in [2.24, 2.45) is 7.05 Å². The van der Waals surface area contributed by atoms with E-state index in [0.29, 0.717) is 65.6 Å². The summed E-state index contributed by atoms with van der Waals surface area (Å²) >= 11 is 0. The second kappa shape index (κ2) is 12.2. The summed E-state index contributed by atoms with van der Waals surface area (Å²) in [6.07, 6.45) is 6.75. The molecule has 5 aromatic rings.